The second-order valence-electron chi connectivity index (χ2n) is 13.8. The first-order valence-corrected chi connectivity index (χ1v) is 18.1. The van der Waals surface area contributed by atoms with Gasteiger partial charge in [0.05, 0.1) is 11.1 Å². The lowest BCUT2D eigenvalue weighted by atomic mass is 9.63. The first kappa shape index (κ1) is 34.7. The molecule has 0 unspecified atom stereocenters. The highest BCUT2D eigenvalue weighted by atomic mass is 79.9. The first-order valence-electron chi connectivity index (χ1n) is 15.5. The number of hydrogen-bond acceptors (Lipinski definition) is 8. The zero-order valence-corrected chi connectivity index (χ0v) is 30.3. The largest absolute Gasteiger partial charge is 0.490 e. The van der Waals surface area contributed by atoms with Crippen LogP contribution < -0.4 is 8.92 Å². The van der Waals surface area contributed by atoms with Crippen molar-refractivity contribution < 1.29 is 31.7 Å². The molecule has 0 bridgehead atoms. The van der Waals surface area contributed by atoms with Crippen LogP contribution >= 0.6 is 27.5 Å². The number of Topliss-reactive ketones (excluding diaryl/α,β-unsaturated/α-hetero) is 2. The van der Waals surface area contributed by atoms with Crippen molar-refractivity contribution in [2.24, 2.45) is 10.8 Å². The molecule has 0 spiro atoms. The van der Waals surface area contributed by atoms with Gasteiger partial charge in [-0.15, -0.1) is 0 Å². The monoisotopic (exact) mass is 733 g/mol. The predicted octanol–water partition coefficient (Wildman–Crippen LogP) is 7.99. The SMILES string of the molecule is CCOc1cc(C2C3=C(CC(C)(C)CC3=O)N(CCCOC)C3=C2C(=O)CC(C)(C)C3)cc(Br)c1OS(=O)(=O)c1ccc(Cl)cc1. The number of nitrogens with zero attached hydrogens (tertiary/aromatic N) is 1. The van der Waals surface area contributed by atoms with Gasteiger partial charge in [0.1, 0.15) is 4.90 Å². The fourth-order valence-electron chi connectivity index (χ4n) is 6.88. The lowest BCUT2D eigenvalue weighted by Crippen LogP contribution is -2.44. The Kier molecular flexibility index (Phi) is 9.87. The molecule has 0 saturated heterocycles. The third kappa shape index (κ3) is 6.96. The van der Waals surface area contributed by atoms with E-state index in [9.17, 15) is 18.0 Å². The molecule has 0 fully saturated rings. The number of hydrogen-bond donors (Lipinski definition) is 0. The highest BCUT2D eigenvalue weighted by molar-refractivity contribution is 9.10. The molecule has 0 N–H and O–H groups in total. The summed E-state index contributed by atoms with van der Waals surface area (Å²) in [5, 5.41) is 0.396. The number of benzene rings is 2. The molecule has 0 radical (unpaired) electrons. The van der Waals surface area contributed by atoms with Gasteiger partial charge in [-0.05, 0) is 94.9 Å². The number of carbonyl (C=O) groups excluding carboxylic acids is 2. The first-order chi connectivity index (χ1) is 21.6. The summed E-state index contributed by atoms with van der Waals surface area (Å²) in [6, 6.07) is 9.15. The smallest absolute Gasteiger partial charge is 0.339 e. The molecule has 1 heterocycles. The van der Waals surface area contributed by atoms with Gasteiger partial charge in [-0.2, -0.15) is 8.42 Å². The zero-order valence-electron chi connectivity index (χ0n) is 27.2. The summed E-state index contributed by atoms with van der Waals surface area (Å²) >= 11 is 9.52. The number of carbonyl (C=O) groups is 2. The van der Waals surface area contributed by atoms with Gasteiger partial charge in [-0.1, -0.05) is 39.3 Å². The lowest BCUT2D eigenvalue weighted by molar-refractivity contribution is -0.119. The molecule has 0 atom stereocenters. The zero-order chi connectivity index (χ0) is 33.6. The number of ether oxygens (including phenoxy) is 2. The molecule has 2 aliphatic carbocycles. The number of halogens is 2. The molecule has 8 nitrogen and oxygen atoms in total. The summed E-state index contributed by atoms with van der Waals surface area (Å²) in [6.07, 6.45) is 2.82. The standard InChI is InChI=1S/C35H41BrClNO7S/c1-7-44-29-16-21(15-24(36)33(29)45-46(41,42)23-11-9-22(37)10-12-23)30-31-25(17-34(2,3)19-27(31)39)38(13-8-14-43-6)26-18-35(4,5)20-28(40)32(26)30/h9-12,15-16,30H,7-8,13-14,17-20H2,1-6H3. The van der Waals surface area contributed by atoms with Crippen LogP contribution in [-0.2, 0) is 24.4 Å². The summed E-state index contributed by atoms with van der Waals surface area (Å²) in [7, 11) is -2.57. The molecule has 3 aliphatic rings. The Bertz CT molecular complexity index is 1670. The van der Waals surface area contributed by atoms with Crippen LogP contribution in [0.1, 0.15) is 78.2 Å². The van der Waals surface area contributed by atoms with Crippen molar-refractivity contribution in [1.29, 1.82) is 0 Å². The van der Waals surface area contributed by atoms with Crippen LogP contribution in [-0.4, -0.2) is 51.8 Å². The lowest BCUT2D eigenvalue weighted by Gasteiger charge is -2.49. The van der Waals surface area contributed by atoms with E-state index in [4.69, 9.17) is 25.3 Å². The average molecular weight is 735 g/mol. The minimum Gasteiger partial charge on any atom is -0.490 e. The maximum absolute atomic E-state index is 14.1. The van der Waals surface area contributed by atoms with E-state index in [2.05, 4.69) is 48.5 Å². The molecule has 0 amide bonds. The Morgan fingerprint density at radius 2 is 1.50 bits per heavy atom. The van der Waals surface area contributed by atoms with E-state index in [0.29, 0.717) is 65.0 Å². The maximum Gasteiger partial charge on any atom is 0.339 e. The van der Waals surface area contributed by atoms with Crippen molar-refractivity contribution >= 4 is 49.2 Å². The quantitative estimate of drug-likeness (QED) is 0.179. The Hall–Kier alpha value is -2.66. The molecule has 46 heavy (non-hydrogen) atoms. The summed E-state index contributed by atoms with van der Waals surface area (Å²) in [4.78, 5) is 30.5. The van der Waals surface area contributed by atoms with Crippen molar-refractivity contribution in [2.45, 2.75) is 77.5 Å². The Labute approximate surface area is 285 Å². The van der Waals surface area contributed by atoms with Gasteiger partial charge in [-0.3, -0.25) is 9.59 Å². The molecule has 0 saturated carbocycles. The van der Waals surface area contributed by atoms with Crippen LogP contribution in [0.3, 0.4) is 0 Å². The molecular formula is C35H41BrClNO7S. The van der Waals surface area contributed by atoms with E-state index in [1.54, 1.807) is 26.2 Å². The molecule has 5 rings (SSSR count). The van der Waals surface area contributed by atoms with E-state index in [-0.39, 0.29) is 45.4 Å². The van der Waals surface area contributed by atoms with Gasteiger partial charge >= 0.3 is 10.1 Å². The summed E-state index contributed by atoms with van der Waals surface area (Å²) < 4.78 is 43.9. The molecule has 248 valence electrons. The van der Waals surface area contributed by atoms with Crippen LogP contribution in [0.15, 0.2) is 68.3 Å². The average Bonchev–Trinajstić information content (AvgIpc) is 2.94. The van der Waals surface area contributed by atoms with Crippen LogP contribution in [0, 0.1) is 10.8 Å². The van der Waals surface area contributed by atoms with Crippen LogP contribution in [0.2, 0.25) is 5.02 Å². The van der Waals surface area contributed by atoms with Crippen molar-refractivity contribution in [3.63, 3.8) is 0 Å². The molecule has 0 aromatic heterocycles. The molecular weight excluding hydrogens is 694 g/mol. The Morgan fingerprint density at radius 3 is 2.02 bits per heavy atom. The van der Waals surface area contributed by atoms with Gasteiger partial charge in [0.2, 0.25) is 0 Å². The third-order valence-electron chi connectivity index (χ3n) is 8.71. The van der Waals surface area contributed by atoms with Crippen molar-refractivity contribution in [3.05, 3.63) is 74.0 Å². The highest BCUT2D eigenvalue weighted by Gasteiger charge is 2.49. The molecule has 2 aromatic carbocycles. The normalized spacial score (nSPS) is 19.7. The fourth-order valence-corrected chi connectivity index (χ4v) is 8.61. The molecule has 1 aliphatic heterocycles. The van der Waals surface area contributed by atoms with E-state index in [1.807, 2.05) is 0 Å². The predicted molar refractivity (Wildman–Crippen MR) is 181 cm³/mol. The Morgan fingerprint density at radius 1 is 0.935 bits per heavy atom. The second kappa shape index (κ2) is 13.1. The minimum absolute atomic E-state index is 0.0110. The number of rotatable bonds is 10. The summed E-state index contributed by atoms with van der Waals surface area (Å²) in [6.45, 7) is 11.6. The van der Waals surface area contributed by atoms with Gasteiger partial charge < -0.3 is 18.6 Å². The Balaban J connectivity index is 1.70. The topological polar surface area (TPSA) is 99.2 Å². The minimum atomic E-state index is -4.24. The van der Waals surface area contributed by atoms with Crippen LogP contribution in [0.25, 0.3) is 0 Å². The summed E-state index contributed by atoms with van der Waals surface area (Å²) in [5.41, 5.74) is 3.30. The van der Waals surface area contributed by atoms with Crippen molar-refractivity contribution in [1.82, 2.24) is 4.90 Å². The van der Waals surface area contributed by atoms with E-state index in [0.717, 1.165) is 17.8 Å². The third-order valence-corrected chi connectivity index (χ3v) is 10.8. The van der Waals surface area contributed by atoms with Crippen molar-refractivity contribution in [2.75, 3.05) is 26.9 Å². The molecule has 11 heteroatoms. The van der Waals surface area contributed by atoms with E-state index >= 15 is 0 Å². The van der Waals surface area contributed by atoms with Gasteiger partial charge in [0.25, 0.3) is 0 Å². The summed E-state index contributed by atoms with van der Waals surface area (Å²) in [5.74, 6) is -0.446. The van der Waals surface area contributed by atoms with Crippen molar-refractivity contribution in [3.8, 4) is 11.5 Å². The fraction of sp³-hybridized carbons (Fsp3) is 0.486. The maximum atomic E-state index is 14.1. The number of methoxy groups -OCH3 is 1. The van der Waals surface area contributed by atoms with Gasteiger partial charge in [0, 0.05) is 66.6 Å². The van der Waals surface area contributed by atoms with Gasteiger partial charge in [-0.25, -0.2) is 0 Å². The van der Waals surface area contributed by atoms with Crippen LogP contribution in [0.4, 0.5) is 0 Å². The number of ketones is 2. The second-order valence-corrected chi connectivity index (χ2v) is 16.6. The van der Waals surface area contributed by atoms with Gasteiger partial charge in [0.15, 0.2) is 23.1 Å². The van der Waals surface area contributed by atoms with Crippen LogP contribution in [0.5, 0.6) is 11.5 Å². The van der Waals surface area contributed by atoms with E-state index in [1.165, 1.54) is 24.3 Å². The molecule has 2 aromatic rings. The number of allylic oxidation sites excluding steroid dienone is 4. The van der Waals surface area contributed by atoms with E-state index < -0.39 is 16.0 Å². The highest BCUT2D eigenvalue weighted by Crippen LogP contribution is 2.55.